The second kappa shape index (κ2) is 18.9. The van der Waals surface area contributed by atoms with Crippen LogP contribution in [0.1, 0.15) is 5.56 Å². The van der Waals surface area contributed by atoms with E-state index in [9.17, 15) is 0 Å². The second-order valence-electron chi connectivity index (χ2n) is 19.5. The van der Waals surface area contributed by atoms with Crippen molar-refractivity contribution in [2.24, 2.45) is 0 Å². The summed E-state index contributed by atoms with van der Waals surface area (Å²) in [6, 6.07) is 86.9. The standard InChI is InChI=1S/C70H44F3N5/c71-70(72,73)66-64(77-60-35-31-51(45-19-7-1-8-20-45)39-56(60)57-40-52(32-36-61(57)77)46-21-9-2-10-22-46)43-55(69-75-67(49-27-15-5-16-28-49)74-68(76-69)50-29-17-6-18-30-50)44-65(66)78-62-37-33-53(47-23-11-3-12-24-47)41-58(62)59-42-54(34-38-63(59)78)48-25-13-4-14-26-48/h1-44H. The summed E-state index contributed by atoms with van der Waals surface area (Å²) in [5.41, 5.74) is 11.1. The van der Waals surface area contributed by atoms with Crippen LogP contribution in [0.3, 0.4) is 0 Å². The van der Waals surface area contributed by atoms with E-state index in [0.717, 1.165) is 77.2 Å². The summed E-state index contributed by atoms with van der Waals surface area (Å²) in [5, 5.41) is 3.23. The number of hydrogen-bond donors (Lipinski definition) is 0. The Labute approximate surface area is 447 Å². The summed E-state index contributed by atoms with van der Waals surface area (Å²) in [6.07, 6.45) is -4.90. The highest BCUT2D eigenvalue weighted by Gasteiger charge is 2.40. The molecule has 0 bridgehead atoms. The minimum atomic E-state index is -4.90. The lowest BCUT2D eigenvalue weighted by atomic mass is 10.0. The van der Waals surface area contributed by atoms with E-state index in [0.29, 0.717) is 39.3 Å². The van der Waals surface area contributed by atoms with Crippen molar-refractivity contribution in [3.8, 4) is 90.0 Å². The molecule has 14 aromatic rings. The van der Waals surface area contributed by atoms with Crippen molar-refractivity contribution < 1.29 is 13.2 Å². The number of nitrogens with zero attached hydrogens (tertiary/aromatic N) is 5. The molecule has 5 nitrogen and oxygen atoms in total. The molecule has 0 fully saturated rings. The maximum absolute atomic E-state index is 17.3. The highest BCUT2D eigenvalue weighted by molar-refractivity contribution is 6.13. The second-order valence-corrected chi connectivity index (χ2v) is 19.5. The molecule has 8 heteroatoms. The number of benzene rings is 11. The number of halogens is 3. The predicted octanol–water partition coefficient (Wildman–Crippen LogP) is 18.8. The van der Waals surface area contributed by atoms with Crippen molar-refractivity contribution in [1.82, 2.24) is 24.1 Å². The average molecular weight is 1010 g/mol. The van der Waals surface area contributed by atoms with Gasteiger partial charge < -0.3 is 9.13 Å². The van der Waals surface area contributed by atoms with Crippen molar-refractivity contribution in [3.05, 3.63) is 272 Å². The molecule has 0 aliphatic carbocycles. The molecule has 0 aliphatic rings. The van der Waals surface area contributed by atoms with Crippen LogP contribution in [0.15, 0.2) is 267 Å². The zero-order chi connectivity index (χ0) is 52.3. The van der Waals surface area contributed by atoms with Gasteiger partial charge in [-0.25, -0.2) is 15.0 Å². The molecule has 0 saturated heterocycles. The van der Waals surface area contributed by atoms with Crippen LogP contribution >= 0.6 is 0 Å². The minimum absolute atomic E-state index is 0.0744. The summed E-state index contributed by atoms with van der Waals surface area (Å²) >= 11 is 0. The lowest BCUT2D eigenvalue weighted by Crippen LogP contribution is -2.16. The highest BCUT2D eigenvalue weighted by Crippen LogP contribution is 2.48. The van der Waals surface area contributed by atoms with Crippen LogP contribution < -0.4 is 0 Å². The quantitative estimate of drug-likeness (QED) is 0.145. The smallest absolute Gasteiger partial charge is 0.309 e. The monoisotopic (exact) mass is 1010 g/mol. The average Bonchev–Trinajstić information content (AvgIpc) is 3.79. The highest BCUT2D eigenvalue weighted by atomic mass is 19.4. The van der Waals surface area contributed by atoms with E-state index in [1.165, 1.54) is 0 Å². The Morgan fingerprint density at radius 1 is 0.244 bits per heavy atom. The summed E-state index contributed by atoms with van der Waals surface area (Å²) in [6.45, 7) is 0. The third kappa shape index (κ3) is 8.18. The molecule has 0 saturated carbocycles. The molecular formula is C70H44F3N5. The van der Waals surface area contributed by atoms with Crippen LogP contribution in [0.25, 0.3) is 134 Å². The van der Waals surface area contributed by atoms with Gasteiger partial charge in [-0.15, -0.1) is 0 Å². The topological polar surface area (TPSA) is 48.5 Å². The molecule has 0 atom stereocenters. The first kappa shape index (κ1) is 46.4. The fraction of sp³-hybridized carbons (Fsp3) is 0.0143. The van der Waals surface area contributed by atoms with Crippen molar-refractivity contribution in [3.63, 3.8) is 0 Å². The van der Waals surface area contributed by atoms with Gasteiger partial charge in [-0.2, -0.15) is 13.2 Å². The number of fused-ring (bicyclic) bond motifs is 6. The summed E-state index contributed by atoms with van der Waals surface area (Å²) < 4.78 is 55.4. The minimum Gasteiger partial charge on any atom is -0.309 e. The fourth-order valence-corrected chi connectivity index (χ4v) is 11.1. The van der Waals surface area contributed by atoms with Crippen LogP contribution in [0.5, 0.6) is 0 Å². The van der Waals surface area contributed by atoms with Crippen LogP contribution in [-0.4, -0.2) is 24.1 Å². The molecule has 3 heterocycles. The van der Waals surface area contributed by atoms with E-state index in [4.69, 9.17) is 15.0 Å². The molecule has 0 aliphatic heterocycles. The first-order chi connectivity index (χ1) is 38.3. The van der Waals surface area contributed by atoms with E-state index >= 15 is 13.2 Å². The SMILES string of the molecule is FC(F)(F)c1c(-n2c3ccc(-c4ccccc4)cc3c3cc(-c4ccccc4)ccc32)cc(-c2nc(-c3ccccc3)nc(-c3ccccc3)n2)cc1-n1c2ccc(-c3ccccc3)cc2c2cc(-c3ccccc3)ccc21. The largest absolute Gasteiger partial charge is 0.420 e. The van der Waals surface area contributed by atoms with Crippen LogP contribution in [-0.2, 0) is 6.18 Å². The Morgan fingerprint density at radius 3 is 0.744 bits per heavy atom. The Morgan fingerprint density at radius 2 is 0.487 bits per heavy atom. The van der Waals surface area contributed by atoms with Crippen LogP contribution in [0.4, 0.5) is 13.2 Å². The molecule has 0 spiro atoms. The van der Waals surface area contributed by atoms with Gasteiger partial charge >= 0.3 is 6.18 Å². The molecule has 0 amide bonds. The molecule has 0 N–H and O–H groups in total. The molecular weight excluding hydrogens is 968 g/mol. The number of rotatable bonds is 9. The van der Waals surface area contributed by atoms with E-state index < -0.39 is 11.7 Å². The normalized spacial score (nSPS) is 11.8. The third-order valence-corrected chi connectivity index (χ3v) is 14.8. The number of aromatic nitrogens is 5. The van der Waals surface area contributed by atoms with Crippen molar-refractivity contribution in [2.75, 3.05) is 0 Å². The molecule has 3 aromatic heterocycles. The van der Waals surface area contributed by atoms with Gasteiger partial charge in [-0.1, -0.05) is 206 Å². The Balaban J connectivity index is 1.13. The Kier molecular flexibility index (Phi) is 11.2. The lowest BCUT2D eigenvalue weighted by Gasteiger charge is -2.23. The molecule has 14 rings (SSSR count). The first-order valence-corrected chi connectivity index (χ1v) is 25.8. The Hall–Kier alpha value is -10.2. The molecule has 11 aromatic carbocycles. The van der Waals surface area contributed by atoms with Crippen molar-refractivity contribution in [2.45, 2.75) is 6.18 Å². The van der Waals surface area contributed by atoms with Crippen molar-refractivity contribution >= 4 is 43.6 Å². The predicted molar refractivity (Wildman–Crippen MR) is 312 cm³/mol. The molecule has 0 unspecified atom stereocenters. The van der Waals surface area contributed by atoms with E-state index in [1.54, 1.807) is 21.3 Å². The van der Waals surface area contributed by atoms with Gasteiger partial charge in [0.05, 0.1) is 33.4 Å². The van der Waals surface area contributed by atoms with Gasteiger partial charge in [0, 0.05) is 38.2 Å². The van der Waals surface area contributed by atoms with Gasteiger partial charge in [0.25, 0.3) is 0 Å². The lowest BCUT2D eigenvalue weighted by molar-refractivity contribution is -0.137. The van der Waals surface area contributed by atoms with E-state index in [2.05, 4.69) is 24.3 Å². The molecule has 78 heavy (non-hydrogen) atoms. The summed E-state index contributed by atoms with van der Waals surface area (Å²) in [4.78, 5) is 15.3. The van der Waals surface area contributed by atoms with Crippen molar-refractivity contribution in [1.29, 1.82) is 0 Å². The van der Waals surface area contributed by atoms with E-state index in [1.807, 2.05) is 231 Å². The van der Waals surface area contributed by atoms with Gasteiger partial charge in [-0.05, 0) is 105 Å². The molecule has 0 radical (unpaired) electrons. The van der Waals surface area contributed by atoms with E-state index in [-0.39, 0.29) is 17.2 Å². The first-order valence-electron chi connectivity index (χ1n) is 25.8. The van der Waals surface area contributed by atoms with Gasteiger partial charge in [0.15, 0.2) is 17.5 Å². The maximum Gasteiger partial charge on any atom is 0.420 e. The van der Waals surface area contributed by atoms with Gasteiger partial charge in [-0.3, -0.25) is 0 Å². The van der Waals surface area contributed by atoms with Crippen LogP contribution in [0.2, 0.25) is 0 Å². The van der Waals surface area contributed by atoms with Crippen LogP contribution in [0, 0.1) is 0 Å². The number of hydrogen-bond acceptors (Lipinski definition) is 3. The Bertz CT molecular complexity index is 4080. The van der Waals surface area contributed by atoms with Gasteiger partial charge in [0.1, 0.15) is 5.56 Å². The fourth-order valence-electron chi connectivity index (χ4n) is 11.1. The summed E-state index contributed by atoms with van der Waals surface area (Å²) in [7, 11) is 0. The summed E-state index contributed by atoms with van der Waals surface area (Å²) in [5.74, 6) is 0.996. The zero-order valence-corrected chi connectivity index (χ0v) is 41.8. The number of alkyl halides is 3. The molecule has 370 valence electrons. The third-order valence-electron chi connectivity index (χ3n) is 14.8. The zero-order valence-electron chi connectivity index (χ0n) is 41.8. The maximum atomic E-state index is 17.3. The van der Waals surface area contributed by atoms with Gasteiger partial charge in [0.2, 0.25) is 0 Å².